The standard InChI is InChI=1S/C16H16ClFN2O/c17-15-8-11(18)4-7-16(15)21-10-14-3-1-2-13(20-14)9-19-12-5-6-12/h1-4,7-8,12,19H,5-6,9-10H2. The highest BCUT2D eigenvalue weighted by Crippen LogP contribution is 2.25. The molecule has 0 saturated heterocycles. The minimum atomic E-state index is -0.376. The molecule has 0 amide bonds. The summed E-state index contributed by atoms with van der Waals surface area (Å²) in [4.78, 5) is 4.53. The number of halogens is 2. The monoisotopic (exact) mass is 306 g/mol. The summed E-state index contributed by atoms with van der Waals surface area (Å²) in [6.07, 6.45) is 2.51. The van der Waals surface area contributed by atoms with Crippen molar-refractivity contribution < 1.29 is 9.13 Å². The Hall–Kier alpha value is -1.65. The van der Waals surface area contributed by atoms with Gasteiger partial charge in [0.05, 0.1) is 16.4 Å². The lowest BCUT2D eigenvalue weighted by Gasteiger charge is -2.09. The highest BCUT2D eigenvalue weighted by atomic mass is 35.5. The summed E-state index contributed by atoms with van der Waals surface area (Å²) in [5, 5.41) is 3.69. The Balaban J connectivity index is 1.60. The van der Waals surface area contributed by atoms with E-state index in [9.17, 15) is 4.39 Å². The van der Waals surface area contributed by atoms with Crippen molar-refractivity contribution >= 4 is 11.6 Å². The van der Waals surface area contributed by atoms with E-state index in [2.05, 4.69) is 10.3 Å². The van der Waals surface area contributed by atoms with E-state index in [0.29, 0.717) is 18.4 Å². The molecule has 1 N–H and O–H groups in total. The number of hydrogen-bond acceptors (Lipinski definition) is 3. The molecule has 3 rings (SSSR count). The minimum Gasteiger partial charge on any atom is -0.486 e. The molecule has 21 heavy (non-hydrogen) atoms. The zero-order valence-electron chi connectivity index (χ0n) is 11.5. The van der Waals surface area contributed by atoms with Crippen molar-refractivity contribution in [1.82, 2.24) is 10.3 Å². The SMILES string of the molecule is Fc1ccc(OCc2cccc(CNC3CC3)n2)c(Cl)c1. The van der Waals surface area contributed by atoms with Gasteiger partial charge in [0, 0.05) is 12.6 Å². The molecule has 1 aliphatic rings. The lowest BCUT2D eigenvalue weighted by Crippen LogP contribution is -2.16. The van der Waals surface area contributed by atoms with Gasteiger partial charge in [0.25, 0.3) is 0 Å². The molecule has 0 radical (unpaired) electrons. The molecular weight excluding hydrogens is 291 g/mol. The van der Waals surface area contributed by atoms with E-state index in [-0.39, 0.29) is 10.8 Å². The van der Waals surface area contributed by atoms with Crippen LogP contribution in [-0.4, -0.2) is 11.0 Å². The lowest BCUT2D eigenvalue weighted by molar-refractivity contribution is 0.300. The van der Waals surface area contributed by atoms with E-state index in [1.54, 1.807) is 0 Å². The predicted octanol–water partition coefficient (Wildman–Crippen LogP) is 3.71. The quantitative estimate of drug-likeness (QED) is 0.883. The average molecular weight is 307 g/mol. The van der Waals surface area contributed by atoms with Crippen LogP contribution in [0, 0.1) is 5.82 Å². The zero-order chi connectivity index (χ0) is 14.7. The van der Waals surface area contributed by atoms with Gasteiger partial charge in [-0.3, -0.25) is 4.98 Å². The van der Waals surface area contributed by atoms with E-state index >= 15 is 0 Å². The molecule has 0 atom stereocenters. The Kier molecular flexibility index (Phi) is 4.36. The first-order chi connectivity index (χ1) is 10.2. The number of nitrogens with one attached hydrogen (secondary N) is 1. The first-order valence-corrected chi connectivity index (χ1v) is 7.34. The van der Waals surface area contributed by atoms with Gasteiger partial charge in [-0.15, -0.1) is 0 Å². The van der Waals surface area contributed by atoms with Gasteiger partial charge in [0.2, 0.25) is 0 Å². The molecular formula is C16H16ClFN2O. The Morgan fingerprint density at radius 3 is 2.81 bits per heavy atom. The lowest BCUT2D eigenvalue weighted by atomic mass is 10.3. The topological polar surface area (TPSA) is 34.1 Å². The predicted molar refractivity (Wildman–Crippen MR) is 79.8 cm³/mol. The Labute approximate surface area is 128 Å². The molecule has 3 nitrogen and oxygen atoms in total. The van der Waals surface area contributed by atoms with Crippen molar-refractivity contribution in [2.45, 2.75) is 32.0 Å². The third kappa shape index (κ3) is 4.16. The van der Waals surface area contributed by atoms with Crippen LogP contribution < -0.4 is 10.1 Å². The third-order valence-electron chi connectivity index (χ3n) is 3.28. The summed E-state index contributed by atoms with van der Waals surface area (Å²) in [6, 6.07) is 10.6. The van der Waals surface area contributed by atoms with E-state index in [1.807, 2.05) is 18.2 Å². The molecule has 0 unspecified atom stereocenters. The number of rotatable bonds is 6. The molecule has 0 aliphatic heterocycles. The number of benzene rings is 1. The Morgan fingerprint density at radius 2 is 2.05 bits per heavy atom. The highest BCUT2D eigenvalue weighted by molar-refractivity contribution is 6.32. The smallest absolute Gasteiger partial charge is 0.138 e. The van der Waals surface area contributed by atoms with Crippen molar-refractivity contribution in [3.05, 3.63) is 58.6 Å². The van der Waals surface area contributed by atoms with Crippen LogP contribution in [0.15, 0.2) is 36.4 Å². The van der Waals surface area contributed by atoms with Gasteiger partial charge < -0.3 is 10.1 Å². The van der Waals surface area contributed by atoms with Crippen molar-refractivity contribution in [2.24, 2.45) is 0 Å². The van der Waals surface area contributed by atoms with Gasteiger partial charge in [-0.2, -0.15) is 0 Å². The second-order valence-corrected chi connectivity index (χ2v) is 5.55. The summed E-state index contributed by atoms with van der Waals surface area (Å²) in [5.74, 6) is 0.0833. The number of hydrogen-bond donors (Lipinski definition) is 1. The largest absolute Gasteiger partial charge is 0.486 e. The summed E-state index contributed by atoms with van der Waals surface area (Å²) < 4.78 is 18.5. The van der Waals surface area contributed by atoms with Crippen LogP contribution in [0.5, 0.6) is 5.75 Å². The van der Waals surface area contributed by atoms with Crippen molar-refractivity contribution in [3.8, 4) is 5.75 Å². The normalized spacial score (nSPS) is 14.2. The molecule has 1 heterocycles. The Morgan fingerprint density at radius 1 is 1.24 bits per heavy atom. The zero-order valence-corrected chi connectivity index (χ0v) is 12.2. The van der Waals surface area contributed by atoms with Crippen LogP contribution in [0.4, 0.5) is 4.39 Å². The fourth-order valence-corrected chi connectivity index (χ4v) is 2.21. The van der Waals surface area contributed by atoms with Gasteiger partial charge in [-0.05, 0) is 43.2 Å². The minimum absolute atomic E-state index is 0.265. The highest BCUT2D eigenvalue weighted by Gasteiger charge is 2.20. The van der Waals surface area contributed by atoms with Gasteiger partial charge in [-0.25, -0.2) is 4.39 Å². The van der Waals surface area contributed by atoms with E-state index in [4.69, 9.17) is 16.3 Å². The molecule has 5 heteroatoms. The molecule has 110 valence electrons. The van der Waals surface area contributed by atoms with Gasteiger partial charge in [0.1, 0.15) is 18.2 Å². The van der Waals surface area contributed by atoms with Crippen molar-refractivity contribution in [2.75, 3.05) is 0 Å². The number of pyridine rings is 1. The maximum Gasteiger partial charge on any atom is 0.138 e. The molecule has 1 saturated carbocycles. The van der Waals surface area contributed by atoms with Crippen LogP contribution >= 0.6 is 11.6 Å². The summed E-state index contributed by atoms with van der Waals surface area (Å²) in [7, 11) is 0. The first kappa shape index (κ1) is 14.3. The molecule has 1 aromatic heterocycles. The van der Waals surface area contributed by atoms with Crippen LogP contribution in [0.3, 0.4) is 0 Å². The van der Waals surface area contributed by atoms with Gasteiger partial charge in [0.15, 0.2) is 0 Å². The second kappa shape index (κ2) is 6.41. The van der Waals surface area contributed by atoms with Crippen LogP contribution in [-0.2, 0) is 13.2 Å². The molecule has 1 fully saturated rings. The fraction of sp³-hybridized carbons (Fsp3) is 0.312. The van der Waals surface area contributed by atoms with Crippen molar-refractivity contribution in [3.63, 3.8) is 0 Å². The fourth-order valence-electron chi connectivity index (χ4n) is 1.99. The van der Waals surface area contributed by atoms with Crippen LogP contribution in [0.1, 0.15) is 24.2 Å². The Bertz CT molecular complexity index is 631. The molecule has 1 aliphatic carbocycles. The number of nitrogens with zero attached hydrogens (tertiary/aromatic N) is 1. The summed E-state index contributed by atoms with van der Waals surface area (Å²) in [5.41, 5.74) is 1.82. The molecule has 1 aromatic carbocycles. The number of aromatic nitrogens is 1. The molecule has 0 bridgehead atoms. The average Bonchev–Trinajstić information content (AvgIpc) is 3.29. The van der Waals surface area contributed by atoms with Crippen LogP contribution in [0.2, 0.25) is 5.02 Å². The second-order valence-electron chi connectivity index (χ2n) is 5.14. The third-order valence-corrected chi connectivity index (χ3v) is 3.58. The van der Waals surface area contributed by atoms with Crippen molar-refractivity contribution in [1.29, 1.82) is 0 Å². The van der Waals surface area contributed by atoms with Gasteiger partial charge in [-0.1, -0.05) is 17.7 Å². The van der Waals surface area contributed by atoms with Crippen LogP contribution in [0.25, 0.3) is 0 Å². The summed E-state index contributed by atoms with van der Waals surface area (Å²) >= 11 is 5.92. The number of ether oxygens (including phenoxy) is 1. The van der Waals surface area contributed by atoms with E-state index < -0.39 is 0 Å². The maximum atomic E-state index is 13.0. The summed E-state index contributed by atoms with van der Waals surface area (Å²) in [6.45, 7) is 1.08. The maximum absolute atomic E-state index is 13.0. The van der Waals surface area contributed by atoms with E-state index in [0.717, 1.165) is 17.9 Å². The molecule has 0 spiro atoms. The van der Waals surface area contributed by atoms with E-state index in [1.165, 1.54) is 31.0 Å². The first-order valence-electron chi connectivity index (χ1n) is 6.97. The molecule has 2 aromatic rings. The van der Waals surface area contributed by atoms with Gasteiger partial charge >= 0.3 is 0 Å².